The van der Waals surface area contributed by atoms with E-state index in [4.69, 9.17) is 4.74 Å². The van der Waals surface area contributed by atoms with Crippen LogP contribution in [0.3, 0.4) is 0 Å². The number of carbonyl (C=O) groups is 1. The van der Waals surface area contributed by atoms with Gasteiger partial charge in [0.05, 0.1) is 24.7 Å². The van der Waals surface area contributed by atoms with Gasteiger partial charge in [0.15, 0.2) is 11.4 Å². The Hall–Kier alpha value is -2.89. The number of hydrogen-bond donors (Lipinski definition) is 0. The van der Waals surface area contributed by atoms with Crippen LogP contribution in [0.4, 0.5) is 5.82 Å². The van der Waals surface area contributed by atoms with Gasteiger partial charge in [0.2, 0.25) is 0 Å². The second kappa shape index (κ2) is 5.05. The molecule has 1 aromatic carbocycles. The lowest BCUT2D eigenvalue weighted by Crippen LogP contribution is -2.44. The van der Waals surface area contributed by atoms with Crippen molar-refractivity contribution in [1.29, 1.82) is 0 Å². The third kappa shape index (κ3) is 2.21. The minimum absolute atomic E-state index is 0.166. The van der Waals surface area contributed by atoms with Crippen molar-refractivity contribution < 1.29 is 9.53 Å². The highest BCUT2D eigenvalue weighted by atomic mass is 16.5. The number of rotatable bonds is 1. The standard InChI is InChI=1S/C19H18N4O2/c1-13-10-18(23-17(21-13)6-8-20-23)22-9-7-19(12-22)11-15(24)14-4-2-3-5-16(14)25-19/h2-6,8,10H,7,9,11-12H2,1H3/t19-/m1/s1. The van der Waals surface area contributed by atoms with Gasteiger partial charge in [-0.15, -0.1) is 0 Å². The van der Waals surface area contributed by atoms with E-state index < -0.39 is 5.60 Å². The van der Waals surface area contributed by atoms with Crippen molar-refractivity contribution in [1.82, 2.24) is 14.6 Å². The summed E-state index contributed by atoms with van der Waals surface area (Å²) in [4.78, 5) is 19.3. The highest BCUT2D eigenvalue weighted by Gasteiger charge is 2.46. The Morgan fingerprint density at radius 3 is 3.04 bits per heavy atom. The Labute approximate surface area is 145 Å². The van der Waals surface area contributed by atoms with Crippen LogP contribution in [-0.4, -0.2) is 39.1 Å². The fourth-order valence-corrected chi connectivity index (χ4v) is 3.95. The molecule has 6 nitrogen and oxygen atoms in total. The molecule has 4 heterocycles. The summed E-state index contributed by atoms with van der Waals surface area (Å²) in [6.45, 7) is 3.48. The molecule has 1 fully saturated rings. The molecule has 126 valence electrons. The first-order chi connectivity index (χ1) is 12.1. The van der Waals surface area contributed by atoms with Crippen LogP contribution in [0.5, 0.6) is 5.75 Å². The summed E-state index contributed by atoms with van der Waals surface area (Å²) in [5.74, 6) is 1.87. The monoisotopic (exact) mass is 334 g/mol. The predicted octanol–water partition coefficient (Wildman–Crippen LogP) is 2.65. The van der Waals surface area contributed by atoms with E-state index in [2.05, 4.69) is 15.0 Å². The molecule has 0 bridgehead atoms. The molecular formula is C19H18N4O2. The Balaban J connectivity index is 1.51. The maximum atomic E-state index is 12.6. The van der Waals surface area contributed by atoms with Crippen molar-refractivity contribution in [2.75, 3.05) is 18.0 Å². The number of fused-ring (bicyclic) bond motifs is 2. The van der Waals surface area contributed by atoms with Crippen LogP contribution < -0.4 is 9.64 Å². The van der Waals surface area contributed by atoms with Crippen molar-refractivity contribution in [3.05, 3.63) is 53.9 Å². The molecule has 2 aliphatic rings. The van der Waals surface area contributed by atoms with Crippen LogP contribution in [-0.2, 0) is 0 Å². The van der Waals surface area contributed by atoms with E-state index in [0.29, 0.717) is 24.3 Å². The summed E-state index contributed by atoms with van der Waals surface area (Å²) in [5.41, 5.74) is 2.03. The van der Waals surface area contributed by atoms with Crippen LogP contribution >= 0.6 is 0 Å². The van der Waals surface area contributed by atoms with Gasteiger partial charge in [-0.25, -0.2) is 4.98 Å². The molecule has 0 saturated carbocycles. The minimum atomic E-state index is -0.456. The van der Waals surface area contributed by atoms with Gasteiger partial charge in [-0.3, -0.25) is 4.79 Å². The Morgan fingerprint density at radius 1 is 1.24 bits per heavy atom. The number of carbonyl (C=O) groups excluding carboxylic acids is 1. The van der Waals surface area contributed by atoms with Crippen molar-refractivity contribution in [2.24, 2.45) is 0 Å². The van der Waals surface area contributed by atoms with E-state index in [-0.39, 0.29) is 5.78 Å². The van der Waals surface area contributed by atoms with E-state index in [1.54, 1.807) is 6.20 Å². The smallest absolute Gasteiger partial charge is 0.170 e. The molecule has 1 saturated heterocycles. The summed E-state index contributed by atoms with van der Waals surface area (Å²) < 4.78 is 8.17. The lowest BCUT2D eigenvalue weighted by Gasteiger charge is -2.34. The number of aryl methyl sites for hydroxylation is 1. The van der Waals surface area contributed by atoms with E-state index in [1.165, 1.54) is 0 Å². The first kappa shape index (κ1) is 14.5. The minimum Gasteiger partial charge on any atom is -0.484 e. The Kier molecular flexibility index (Phi) is 2.92. The predicted molar refractivity (Wildman–Crippen MR) is 93.3 cm³/mol. The Morgan fingerprint density at radius 2 is 2.12 bits per heavy atom. The average Bonchev–Trinajstić information content (AvgIpc) is 3.21. The van der Waals surface area contributed by atoms with Gasteiger partial charge in [-0.05, 0) is 19.1 Å². The number of benzene rings is 1. The van der Waals surface area contributed by atoms with E-state index in [9.17, 15) is 4.79 Å². The Bertz CT molecular complexity index is 996. The van der Waals surface area contributed by atoms with Gasteiger partial charge in [-0.1, -0.05) is 12.1 Å². The summed E-state index contributed by atoms with van der Waals surface area (Å²) in [6.07, 6.45) is 3.00. The largest absolute Gasteiger partial charge is 0.484 e. The van der Waals surface area contributed by atoms with Crippen LogP contribution in [0.2, 0.25) is 0 Å². The number of para-hydroxylation sites is 1. The number of anilines is 1. The molecule has 5 rings (SSSR count). The zero-order valence-electron chi connectivity index (χ0n) is 14.0. The molecule has 1 spiro atoms. The third-order valence-electron chi connectivity index (χ3n) is 5.11. The van der Waals surface area contributed by atoms with Gasteiger partial charge < -0.3 is 9.64 Å². The molecule has 25 heavy (non-hydrogen) atoms. The second-order valence-corrected chi connectivity index (χ2v) is 6.91. The van der Waals surface area contributed by atoms with Gasteiger partial charge in [-0.2, -0.15) is 9.61 Å². The van der Waals surface area contributed by atoms with E-state index >= 15 is 0 Å². The molecular weight excluding hydrogens is 316 g/mol. The molecule has 0 aliphatic carbocycles. The average molecular weight is 334 g/mol. The molecule has 2 aromatic heterocycles. The van der Waals surface area contributed by atoms with E-state index in [1.807, 2.05) is 47.8 Å². The summed E-state index contributed by atoms with van der Waals surface area (Å²) in [5, 5.41) is 4.39. The second-order valence-electron chi connectivity index (χ2n) is 6.91. The lowest BCUT2D eigenvalue weighted by molar-refractivity contribution is 0.0538. The van der Waals surface area contributed by atoms with Crippen molar-refractivity contribution in [3.8, 4) is 5.75 Å². The van der Waals surface area contributed by atoms with Crippen molar-refractivity contribution >= 4 is 17.2 Å². The van der Waals surface area contributed by atoms with Crippen LogP contribution in [0.25, 0.3) is 5.65 Å². The molecule has 2 aliphatic heterocycles. The van der Waals surface area contributed by atoms with Crippen LogP contribution in [0.15, 0.2) is 42.6 Å². The number of ketones is 1. The van der Waals surface area contributed by atoms with Crippen molar-refractivity contribution in [3.63, 3.8) is 0 Å². The normalized spacial score (nSPS) is 22.4. The summed E-state index contributed by atoms with van der Waals surface area (Å²) in [7, 11) is 0. The third-order valence-corrected chi connectivity index (χ3v) is 5.11. The topological polar surface area (TPSA) is 59.7 Å². The summed E-state index contributed by atoms with van der Waals surface area (Å²) in [6, 6.07) is 11.5. The first-order valence-corrected chi connectivity index (χ1v) is 8.51. The fourth-order valence-electron chi connectivity index (χ4n) is 3.95. The maximum Gasteiger partial charge on any atom is 0.170 e. The highest BCUT2D eigenvalue weighted by molar-refractivity contribution is 6.00. The number of Topliss-reactive ketones (excluding diaryl/α,β-unsaturated/α-hetero) is 1. The summed E-state index contributed by atoms with van der Waals surface area (Å²) >= 11 is 0. The van der Waals surface area contributed by atoms with Gasteiger partial charge in [0, 0.05) is 30.8 Å². The number of nitrogens with zero attached hydrogens (tertiary/aromatic N) is 4. The SMILES string of the molecule is Cc1cc(N2CC[C@@]3(CC(=O)c4ccccc4O3)C2)n2nccc2n1. The number of hydrogen-bond acceptors (Lipinski definition) is 5. The van der Waals surface area contributed by atoms with Gasteiger partial charge in [0.25, 0.3) is 0 Å². The molecule has 1 atom stereocenters. The molecule has 0 N–H and O–H groups in total. The molecule has 0 unspecified atom stereocenters. The maximum absolute atomic E-state index is 12.6. The molecule has 3 aromatic rings. The highest BCUT2D eigenvalue weighted by Crippen LogP contribution is 2.39. The fraction of sp³-hybridized carbons (Fsp3) is 0.316. The molecule has 6 heteroatoms. The zero-order chi connectivity index (χ0) is 17.0. The first-order valence-electron chi connectivity index (χ1n) is 8.51. The number of aromatic nitrogens is 3. The molecule has 0 radical (unpaired) electrons. The quantitative estimate of drug-likeness (QED) is 0.685. The number of ether oxygens (including phenoxy) is 1. The van der Waals surface area contributed by atoms with Gasteiger partial charge >= 0.3 is 0 Å². The van der Waals surface area contributed by atoms with E-state index in [0.717, 1.165) is 30.1 Å². The lowest BCUT2D eigenvalue weighted by atomic mass is 9.89. The van der Waals surface area contributed by atoms with Crippen LogP contribution in [0.1, 0.15) is 28.9 Å². The van der Waals surface area contributed by atoms with Crippen LogP contribution in [0, 0.1) is 6.92 Å². The van der Waals surface area contributed by atoms with Gasteiger partial charge in [0.1, 0.15) is 17.2 Å². The molecule has 0 amide bonds. The zero-order valence-corrected chi connectivity index (χ0v) is 14.0. The van der Waals surface area contributed by atoms with Crippen molar-refractivity contribution in [2.45, 2.75) is 25.4 Å².